The zero-order chi connectivity index (χ0) is 19.0. The second-order valence-electron chi connectivity index (χ2n) is 6.00. The summed E-state index contributed by atoms with van der Waals surface area (Å²) in [6.07, 6.45) is 1.86. The van der Waals surface area contributed by atoms with Gasteiger partial charge in [0.15, 0.2) is 12.1 Å². The van der Waals surface area contributed by atoms with Gasteiger partial charge in [-0.2, -0.15) is 0 Å². The molecule has 0 aromatic carbocycles. The van der Waals surface area contributed by atoms with Crippen molar-refractivity contribution < 1.29 is 14.6 Å². The Morgan fingerprint density at radius 2 is 1.96 bits per heavy atom. The van der Waals surface area contributed by atoms with Gasteiger partial charge in [0, 0.05) is 42.7 Å². The predicted molar refractivity (Wildman–Crippen MR) is 95.4 cm³/mol. The van der Waals surface area contributed by atoms with Crippen molar-refractivity contribution in [2.75, 3.05) is 0 Å². The van der Waals surface area contributed by atoms with Gasteiger partial charge in [-0.25, -0.2) is 0 Å². The number of carbonyl (C=O) groups excluding carboxylic acids is 1. The Kier molecular flexibility index (Phi) is 4.29. The number of aromatic carboxylic acids is 1. The number of hydrogen-bond acceptors (Lipinski definition) is 4. The van der Waals surface area contributed by atoms with Crippen molar-refractivity contribution in [3.8, 4) is 11.3 Å². The SMILES string of the molecule is C=[N+](N=c1ccccn1C)c1ccc(=O)c2cc(C(=O)[O-])c(C)n(C)c1-2. The first kappa shape index (κ1) is 17.3. The van der Waals surface area contributed by atoms with Gasteiger partial charge in [-0.1, -0.05) is 10.8 Å². The van der Waals surface area contributed by atoms with Crippen molar-refractivity contribution in [2.45, 2.75) is 6.92 Å². The third-order valence-electron chi connectivity index (χ3n) is 4.42. The van der Waals surface area contributed by atoms with Crippen molar-refractivity contribution in [1.29, 1.82) is 0 Å². The highest BCUT2D eigenvalue weighted by Gasteiger charge is 2.24. The van der Waals surface area contributed by atoms with Crippen LogP contribution < -0.4 is 16.0 Å². The number of pyridine rings is 2. The molecular formula is C19H18N4O3. The summed E-state index contributed by atoms with van der Waals surface area (Å²) >= 11 is 0. The van der Waals surface area contributed by atoms with E-state index in [9.17, 15) is 14.7 Å². The number of carboxylic acids is 1. The molecule has 0 atom stereocenters. The number of aromatic nitrogens is 2. The van der Waals surface area contributed by atoms with Crippen LogP contribution in [0, 0.1) is 6.92 Å². The van der Waals surface area contributed by atoms with E-state index in [0.717, 1.165) is 0 Å². The lowest BCUT2D eigenvalue weighted by Gasteiger charge is -2.19. The zero-order valence-electron chi connectivity index (χ0n) is 14.8. The molecule has 0 spiro atoms. The molecule has 7 nitrogen and oxygen atoms in total. The normalized spacial score (nSPS) is 11.7. The Morgan fingerprint density at radius 3 is 2.62 bits per heavy atom. The number of benzene rings is 1. The molecular weight excluding hydrogens is 332 g/mol. The van der Waals surface area contributed by atoms with Crippen LogP contribution in [0.5, 0.6) is 0 Å². The van der Waals surface area contributed by atoms with Crippen LogP contribution in [0.15, 0.2) is 52.5 Å². The third kappa shape index (κ3) is 2.83. The smallest absolute Gasteiger partial charge is 0.261 e. The number of rotatable bonds is 3. The van der Waals surface area contributed by atoms with E-state index >= 15 is 0 Å². The van der Waals surface area contributed by atoms with Crippen molar-refractivity contribution in [3.05, 3.63) is 69.6 Å². The lowest BCUT2D eigenvalue weighted by Crippen LogP contribution is -2.27. The van der Waals surface area contributed by atoms with E-state index in [-0.39, 0.29) is 16.6 Å². The molecule has 0 amide bonds. The van der Waals surface area contributed by atoms with Crippen molar-refractivity contribution in [2.24, 2.45) is 19.2 Å². The van der Waals surface area contributed by atoms with E-state index < -0.39 is 5.97 Å². The molecule has 2 aliphatic rings. The van der Waals surface area contributed by atoms with Gasteiger partial charge in [-0.3, -0.25) is 4.79 Å². The molecule has 1 aliphatic carbocycles. The molecule has 0 unspecified atom stereocenters. The monoisotopic (exact) mass is 350 g/mol. The average Bonchev–Trinajstić information content (AvgIpc) is 2.60. The Morgan fingerprint density at radius 1 is 1.23 bits per heavy atom. The van der Waals surface area contributed by atoms with Crippen molar-refractivity contribution in [1.82, 2.24) is 9.13 Å². The first-order chi connectivity index (χ1) is 12.3. The van der Waals surface area contributed by atoms with Crippen LogP contribution in [0.1, 0.15) is 16.1 Å². The van der Waals surface area contributed by atoms with Crippen LogP contribution in [-0.4, -0.2) is 26.5 Å². The van der Waals surface area contributed by atoms with E-state index in [0.29, 0.717) is 22.6 Å². The molecule has 0 radical (unpaired) electrons. The molecule has 1 aromatic rings. The van der Waals surface area contributed by atoms with Crippen LogP contribution in [0.2, 0.25) is 0 Å². The minimum absolute atomic E-state index is 0.0174. The Balaban J connectivity index is 2.31. The highest BCUT2D eigenvalue weighted by molar-refractivity contribution is 5.90. The standard InChI is InChI=1S/C19H18N4O3/c1-12-13(19(25)26)11-14-16(24)9-8-15(18(14)22(12)3)23(4)20-17-7-5-6-10-21(17)2/h5-11H,4H2,1-3H3. The average molecular weight is 350 g/mol. The predicted octanol–water partition coefficient (Wildman–Crippen LogP) is 0.361. The largest absolute Gasteiger partial charge is 0.545 e. The van der Waals surface area contributed by atoms with Gasteiger partial charge in [0.2, 0.25) is 5.49 Å². The molecule has 132 valence electrons. The van der Waals surface area contributed by atoms with E-state index in [2.05, 4.69) is 11.8 Å². The summed E-state index contributed by atoms with van der Waals surface area (Å²) in [4.78, 5) is 23.7. The van der Waals surface area contributed by atoms with Gasteiger partial charge < -0.3 is 19.0 Å². The molecule has 1 aromatic heterocycles. The Labute approximate surface area is 149 Å². The van der Waals surface area contributed by atoms with E-state index in [4.69, 9.17) is 0 Å². The molecule has 0 saturated heterocycles. The summed E-state index contributed by atoms with van der Waals surface area (Å²) in [5, 5.41) is 15.8. The van der Waals surface area contributed by atoms with Crippen LogP contribution in [-0.2, 0) is 14.1 Å². The van der Waals surface area contributed by atoms with E-state index in [1.807, 2.05) is 36.0 Å². The molecule has 0 bridgehead atoms. The van der Waals surface area contributed by atoms with Gasteiger partial charge >= 0.3 is 0 Å². The summed E-state index contributed by atoms with van der Waals surface area (Å²) in [5.74, 6) is -1.32. The lowest BCUT2D eigenvalue weighted by molar-refractivity contribution is -0.441. The van der Waals surface area contributed by atoms with Crippen molar-refractivity contribution >= 4 is 18.4 Å². The van der Waals surface area contributed by atoms with Crippen LogP contribution >= 0.6 is 0 Å². The molecule has 1 aliphatic heterocycles. The second-order valence-corrected chi connectivity index (χ2v) is 6.00. The number of aryl methyl sites for hydroxylation is 1. The third-order valence-corrected chi connectivity index (χ3v) is 4.42. The minimum Gasteiger partial charge on any atom is -0.545 e. The van der Waals surface area contributed by atoms with Gasteiger partial charge in [-0.05, 0) is 31.2 Å². The molecule has 26 heavy (non-hydrogen) atoms. The highest BCUT2D eigenvalue weighted by atomic mass is 16.4. The number of nitrogens with zero attached hydrogens (tertiary/aromatic N) is 4. The fourth-order valence-electron chi connectivity index (χ4n) is 2.88. The molecule has 0 saturated carbocycles. The maximum atomic E-state index is 12.3. The van der Waals surface area contributed by atoms with Crippen molar-refractivity contribution in [3.63, 3.8) is 0 Å². The first-order valence-corrected chi connectivity index (χ1v) is 7.93. The maximum Gasteiger partial charge on any atom is 0.261 e. The molecule has 0 fully saturated rings. The summed E-state index contributed by atoms with van der Waals surface area (Å²) in [6.45, 7) is 5.62. The Bertz CT molecular complexity index is 1140. The highest BCUT2D eigenvalue weighted by Crippen LogP contribution is 2.31. The number of hydrogen-bond donors (Lipinski definition) is 0. The quantitative estimate of drug-likeness (QED) is 0.388. The molecule has 3 rings (SSSR count). The summed E-state index contributed by atoms with van der Waals surface area (Å²) in [5.41, 5.74) is 2.26. The fourth-order valence-corrected chi connectivity index (χ4v) is 2.88. The number of carboxylic acid groups (broad SMARTS) is 1. The van der Waals surface area contributed by atoms with Crippen LogP contribution in [0.25, 0.3) is 11.3 Å². The first-order valence-electron chi connectivity index (χ1n) is 7.93. The van der Waals surface area contributed by atoms with Crippen LogP contribution in [0.3, 0.4) is 0 Å². The topological polar surface area (TPSA) is 82.4 Å². The fraction of sp³-hybridized carbons (Fsp3) is 0.158. The number of carbonyl (C=O) groups is 1. The Hall–Kier alpha value is -3.48. The van der Waals surface area contributed by atoms with Crippen LogP contribution in [0.4, 0.5) is 5.69 Å². The lowest BCUT2D eigenvalue weighted by atomic mass is 10.0. The van der Waals surface area contributed by atoms with Gasteiger partial charge in [-0.15, -0.1) is 0 Å². The molecule has 2 heterocycles. The van der Waals surface area contributed by atoms with E-state index in [1.54, 1.807) is 24.6 Å². The zero-order valence-corrected chi connectivity index (χ0v) is 14.8. The maximum absolute atomic E-state index is 12.3. The minimum atomic E-state index is -1.32. The summed E-state index contributed by atoms with van der Waals surface area (Å²) in [7, 11) is 3.56. The molecule has 0 N–H and O–H groups in total. The summed E-state index contributed by atoms with van der Waals surface area (Å²) < 4.78 is 4.91. The van der Waals surface area contributed by atoms with E-state index in [1.165, 1.54) is 16.8 Å². The second kappa shape index (κ2) is 6.44. The molecule has 7 heteroatoms. The number of fused-ring (bicyclic) bond motifs is 1. The van der Waals surface area contributed by atoms with Gasteiger partial charge in [0.05, 0.1) is 11.5 Å². The van der Waals surface area contributed by atoms with Gasteiger partial charge in [0.1, 0.15) is 5.69 Å². The van der Waals surface area contributed by atoms with Gasteiger partial charge in [0.25, 0.3) is 5.69 Å². The summed E-state index contributed by atoms with van der Waals surface area (Å²) in [6, 6.07) is 9.94.